The van der Waals surface area contributed by atoms with Gasteiger partial charge in [0.25, 0.3) is 23.6 Å². The van der Waals surface area contributed by atoms with E-state index in [4.69, 9.17) is 4.84 Å². The van der Waals surface area contributed by atoms with Crippen molar-refractivity contribution >= 4 is 39.6 Å². The van der Waals surface area contributed by atoms with Crippen LogP contribution < -0.4 is 0 Å². The minimum Gasteiger partial charge on any atom is -0.273 e. The molecule has 29 heavy (non-hydrogen) atoms. The van der Waals surface area contributed by atoms with Gasteiger partial charge in [0.05, 0.1) is 20.1 Å². The van der Waals surface area contributed by atoms with E-state index in [0.29, 0.717) is 9.54 Å². The fourth-order valence-electron chi connectivity index (χ4n) is 3.81. The Hall–Kier alpha value is -2.91. The number of carbonyl (C=O) groups is 4. The summed E-state index contributed by atoms with van der Waals surface area (Å²) < 4.78 is 14.9. The van der Waals surface area contributed by atoms with Crippen LogP contribution in [0.5, 0.6) is 0 Å². The van der Waals surface area contributed by atoms with Crippen LogP contribution in [0.25, 0.3) is 0 Å². The molecule has 0 aliphatic carbocycles. The lowest BCUT2D eigenvalue weighted by molar-refractivity contribution is -0.181. The molecule has 0 saturated carbocycles. The van der Waals surface area contributed by atoms with E-state index in [9.17, 15) is 23.6 Å². The highest BCUT2D eigenvalue weighted by atomic mass is 79.9. The second-order valence-corrected chi connectivity index (χ2v) is 7.65. The molecule has 9 heteroatoms. The van der Waals surface area contributed by atoms with Gasteiger partial charge in [-0.05, 0) is 23.8 Å². The highest BCUT2D eigenvalue weighted by molar-refractivity contribution is 9.10. The molecular weight excluding hydrogens is 447 g/mol. The summed E-state index contributed by atoms with van der Waals surface area (Å²) in [5.41, 5.74) is -1.54. The summed E-state index contributed by atoms with van der Waals surface area (Å²) in [5, 5.41) is 0.531. The minimum absolute atomic E-state index is 0.102. The quantitative estimate of drug-likeness (QED) is 0.518. The van der Waals surface area contributed by atoms with Gasteiger partial charge in [-0.2, -0.15) is 5.06 Å². The van der Waals surface area contributed by atoms with E-state index in [1.807, 2.05) is 0 Å². The molecule has 2 aromatic carbocycles. The van der Waals surface area contributed by atoms with Gasteiger partial charge in [-0.1, -0.05) is 40.2 Å². The molecule has 1 atom stereocenters. The molecule has 1 fully saturated rings. The van der Waals surface area contributed by atoms with Crippen LogP contribution in [0.4, 0.5) is 4.39 Å². The number of amides is 4. The number of carbonyl (C=O) groups excluding carboxylic acids is 4. The summed E-state index contributed by atoms with van der Waals surface area (Å²) in [4.78, 5) is 57.5. The molecule has 1 unspecified atom stereocenters. The van der Waals surface area contributed by atoms with E-state index in [1.54, 1.807) is 18.2 Å². The van der Waals surface area contributed by atoms with Gasteiger partial charge in [-0.3, -0.25) is 28.9 Å². The Morgan fingerprint density at radius 2 is 1.83 bits per heavy atom. The Morgan fingerprint density at radius 1 is 1.10 bits per heavy atom. The van der Waals surface area contributed by atoms with E-state index in [1.165, 1.54) is 24.3 Å². The van der Waals surface area contributed by atoms with Crippen molar-refractivity contribution in [3.05, 3.63) is 69.4 Å². The van der Waals surface area contributed by atoms with E-state index in [-0.39, 0.29) is 23.2 Å². The summed E-state index contributed by atoms with van der Waals surface area (Å²) in [5.74, 6) is -3.70. The molecule has 1 spiro atoms. The first-order valence-electron chi connectivity index (χ1n) is 8.62. The zero-order valence-electron chi connectivity index (χ0n) is 15.1. The van der Waals surface area contributed by atoms with Gasteiger partial charge in [-0.25, -0.2) is 4.39 Å². The van der Waals surface area contributed by atoms with Crippen molar-refractivity contribution in [3.63, 3.8) is 0 Å². The van der Waals surface area contributed by atoms with Gasteiger partial charge >= 0.3 is 0 Å². The smallest absolute Gasteiger partial charge is 0.273 e. The molecular formula is C20H14BrFN2O5. The first-order chi connectivity index (χ1) is 13.8. The average Bonchev–Trinajstić information content (AvgIpc) is 2.96. The Morgan fingerprint density at radius 3 is 2.48 bits per heavy atom. The molecule has 7 nitrogen and oxygen atoms in total. The molecule has 2 aromatic rings. The molecule has 1 saturated heterocycles. The van der Waals surface area contributed by atoms with Crippen LogP contribution in [0.2, 0.25) is 0 Å². The third-order valence-corrected chi connectivity index (χ3v) is 5.68. The number of hydrogen-bond donors (Lipinski definition) is 0. The predicted molar refractivity (Wildman–Crippen MR) is 101 cm³/mol. The van der Waals surface area contributed by atoms with Gasteiger partial charge in [0.2, 0.25) is 0 Å². The largest absolute Gasteiger partial charge is 0.274 e. The summed E-state index contributed by atoms with van der Waals surface area (Å²) in [7, 11) is 1.15. The monoisotopic (exact) mass is 460 g/mol. The lowest BCUT2D eigenvalue weighted by Gasteiger charge is -2.37. The SMILES string of the molecule is CON1C(=O)CC2(C(=O)N(Cc3ccc(Br)cc3F)C(=O)c3ccccc32)C1=O. The molecule has 0 N–H and O–H groups in total. The Balaban J connectivity index is 1.86. The van der Waals surface area contributed by atoms with E-state index < -0.39 is 41.3 Å². The van der Waals surface area contributed by atoms with Gasteiger partial charge in [-0.15, -0.1) is 0 Å². The number of imide groups is 2. The molecule has 0 bridgehead atoms. The van der Waals surface area contributed by atoms with Crippen molar-refractivity contribution in [1.82, 2.24) is 9.96 Å². The maximum Gasteiger partial charge on any atom is 0.274 e. The summed E-state index contributed by atoms with van der Waals surface area (Å²) in [6.07, 6.45) is -0.470. The first-order valence-corrected chi connectivity index (χ1v) is 9.41. The topological polar surface area (TPSA) is 84.0 Å². The van der Waals surface area contributed by atoms with Crippen molar-refractivity contribution in [2.45, 2.75) is 18.4 Å². The van der Waals surface area contributed by atoms with Crippen molar-refractivity contribution in [1.29, 1.82) is 0 Å². The maximum absolute atomic E-state index is 14.4. The van der Waals surface area contributed by atoms with Gasteiger partial charge in [0.1, 0.15) is 5.82 Å². The van der Waals surface area contributed by atoms with Crippen LogP contribution in [0.15, 0.2) is 46.9 Å². The summed E-state index contributed by atoms with van der Waals surface area (Å²) in [6.45, 7) is -0.374. The fraction of sp³-hybridized carbons (Fsp3) is 0.200. The number of rotatable bonds is 3. The standard InChI is InChI=1S/C20H14BrFN2O5/c1-29-24-16(25)9-20(19(24)28)14-5-3-2-4-13(14)17(26)23(18(20)27)10-11-6-7-12(21)8-15(11)22/h2-8H,9-10H2,1H3. The normalized spacial score (nSPS) is 21.3. The molecule has 2 aliphatic heterocycles. The van der Waals surface area contributed by atoms with Crippen LogP contribution in [-0.4, -0.2) is 40.7 Å². The fourth-order valence-corrected chi connectivity index (χ4v) is 4.15. The first kappa shape index (κ1) is 19.4. The lowest BCUT2D eigenvalue weighted by atomic mass is 9.72. The molecule has 4 amide bonds. The molecule has 0 radical (unpaired) electrons. The third-order valence-electron chi connectivity index (χ3n) is 5.19. The molecule has 2 aliphatic rings. The van der Waals surface area contributed by atoms with Crippen LogP contribution in [0, 0.1) is 5.82 Å². The van der Waals surface area contributed by atoms with E-state index in [2.05, 4.69) is 15.9 Å². The lowest BCUT2D eigenvalue weighted by Crippen LogP contribution is -2.57. The second-order valence-electron chi connectivity index (χ2n) is 6.74. The van der Waals surface area contributed by atoms with Gasteiger partial charge < -0.3 is 0 Å². The Bertz CT molecular complexity index is 1090. The van der Waals surface area contributed by atoms with E-state index >= 15 is 0 Å². The molecule has 2 heterocycles. The van der Waals surface area contributed by atoms with Gasteiger partial charge in [0, 0.05) is 15.6 Å². The number of benzene rings is 2. The van der Waals surface area contributed by atoms with Crippen LogP contribution >= 0.6 is 15.9 Å². The number of hydroxylamine groups is 2. The third kappa shape index (κ3) is 2.72. The number of fused-ring (bicyclic) bond motifs is 2. The predicted octanol–water partition coefficient (Wildman–Crippen LogP) is 2.33. The highest BCUT2D eigenvalue weighted by Gasteiger charge is 2.63. The van der Waals surface area contributed by atoms with Crippen LogP contribution in [0.1, 0.15) is 27.9 Å². The summed E-state index contributed by atoms with van der Waals surface area (Å²) >= 11 is 3.16. The summed E-state index contributed by atoms with van der Waals surface area (Å²) in [6, 6.07) is 10.4. The number of halogens is 2. The maximum atomic E-state index is 14.4. The average molecular weight is 461 g/mol. The van der Waals surface area contributed by atoms with Crippen molar-refractivity contribution in [2.75, 3.05) is 7.11 Å². The second kappa shape index (κ2) is 6.85. The highest BCUT2D eigenvalue weighted by Crippen LogP contribution is 2.44. The van der Waals surface area contributed by atoms with Crippen molar-refractivity contribution in [2.24, 2.45) is 0 Å². The van der Waals surface area contributed by atoms with E-state index in [0.717, 1.165) is 12.0 Å². The zero-order chi connectivity index (χ0) is 20.9. The Kier molecular flexibility index (Phi) is 4.59. The zero-order valence-corrected chi connectivity index (χ0v) is 16.7. The molecule has 4 rings (SSSR count). The molecule has 0 aromatic heterocycles. The van der Waals surface area contributed by atoms with Crippen molar-refractivity contribution in [3.8, 4) is 0 Å². The van der Waals surface area contributed by atoms with Crippen molar-refractivity contribution < 1.29 is 28.4 Å². The number of nitrogens with zero attached hydrogens (tertiary/aromatic N) is 2. The number of hydrogen-bond acceptors (Lipinski definition) is 5. The van der Waals surface area contributed by atoms with Gasteiger partial charge in [0.15, 0.2) is 5.41 Å². The minimum atomic E-state index is -1.91. The Labute approximate surface area is 173 Å². The van der Waals surface area contributed by atoms with Crippen LogP contribution in [-0.2, 0) is 31.2 Å². The van der Waals surface area contributed by atoms with Crippen LogP contribution in [0.3, 0.4) is 0 Å². The molecule has 148 valence electrons.